The van der Waals surface area contributed by atoms with Crippen molar-refractivity contribution in [3.63, 3.8) is 0 Å². The molecule has 1 aromatic carbocycles. The standard InChI is InChI=1S/C18H24F2N2O2/c19-15-8-3-5-13(16(15)20)11-22-10-4-9-18(24,17(22)23)12-21-14-6-1-2-7-14/h3,5,8,14,21,24H,1-2,4,6-7,9-12H2/t18-/m0/s1. The highest BCUT2D eigenvalue weighted by Crippen LogP contribution is 2.26. The van der Waals surface area contributed by atoms with Gasteiger partial charge in [-0.25, -0.2) is 8.78 Å². The first-order valence-corrected chi connectivity index (χ1v) is 8.68. The third kappa shape index (κ3) is 3.59. The predicted octanol–water partition coefficient (Wildman–Crippen LogP) is 2.35. The molecule has 1 aromatic rings. The highest BCUT2D eigenvalue weighted by Gasteiger charge is 2.42. The van der Waals surface area contributed by atoms with E-state index in [4.69, 9.17) is 0 Å². The number of amides is 1. The lowest BCUT2D eigenvalue weighted by atomic mass is 9.91. The van der Waals surface area contributed by atoms with Crippen molar-refractivity contribution < 1.29 is 18.7 Å². The summed E-state index contributed by atoms with van der Waals surface area (Å²) in [6.07, 6.45) is 5.54. The van der Waals surface area contributed by atoms with E-state index in [1.165, 1.54) is 29.9 Å². The molecule has 0 spiro atoms. The van der Waals surface area contributed by atoms with Crippen molar-refractivity contribution in [3.05, 3.63) is 35.4 Å². The van der Waals surface area contributed by atoms with Gasteiger partial charge >= 0.3 is 0 Å². The minimum absolute atomic E-state index is 0.0197. The number of nitrogens with one attached hydrogen (secondary N) is 1. The number of nitrogens with zero attached hydrogens (tertiary/aromatic N) is 1. The van der Waals surface area contributed by atoms with Gasteiger partial charge in [0.1, 0.15) is 0 Å². The first-order chi connectivity index (χ1) is 11.5. The van der Waals surface area contributed by atoms with Gasteiger partial charge < -0.3 is 15.3 Å². The molecule has 2 fully saturated rings. The molecule has 0 bridgehead atoms. The van der Waals surface area contributed by atoms with E-state index in [0.29, 0.717) is 25.4 Å². The molecule has 132 valence electrons. The monoisotopic (exact) mass is 338 g/mol. The van der Waals surface area contributed by atoms with E-state index >= 15 is 0 Å². The van der Waals surface area contributed by atoms with E-state index in [1.54, 1.807) is 0 Å². The van der Waals surface area contributed by atoms with Crippen molar-refractivity contribution >= 4 is 5.91 Å². The molecule has 0 unspecified atom stereocenters. The molecule has 2 aliphatic rings. The third-order valence-corrected chi connectivity index (χ3v) is 5.13. The summed E-state index contributed by atoms with van der Waals surface area (Å²) in [6.45, 7) is 0.646. The Balaban J connectivity index is 1.66. The summed E-state index contributed by atoms with van der Waals surface area (Å²) in [4.78, 5) is 14.1. The molecule has 1 aliphatic carbocycles. The molecule has 1 aliphatic heterocycles. The van der Waals surface area contributed by atoms with E-state index in [1.807, 2.05) is 0 Å². The molecule has 6 heteroatoms. The number of halogens is 2. The van der Waals surface area contributed by atoms with Crippen LogP contribution in [0.15, 0.2) is 18.2 Å². The van der Waals surface area contributed by atoms with E-state index < -0.39 is 23.1 Å². The molecule has 0 radical (unpaired) electrons. The van der Waals surface area contributed by atoms with Gasteiger partial charge in [0, 0.05) is 31.2 Å². The molecule has 1 amide bonds. The third-order valence-electron chi connectivity index (χ3n) is 5.13. The molecule has 3 rings (SSSR count). The maximum absolute atomic E-state index is 13.8. The van der Waals surface area contributed by atoms with Crippen LogP contribution >= 0.6 is 0 Å². The Morgan fingerprint density at radius 2 is 2.00 bits per heavy atom. The van der Waals surface area contributed by atoms with Crippen molar-refractivity contribution in [1.29, 1.82) is 0 Å². The maximum Gasteiger partial charge on any atom is 0.256 e. The van der Waals surface area contributed by atoms with Gasteiger partial charge in [0.05, 0.1) is 0 Å². The van der Waals surface area contributed by atoms with Gasteiger partial charge in [-0.15, -0.1) is 0 Å². The summed E-state index contributed by atoms with van der Waals surface area (Å²) < 4.78 is 27.2. The normalized spacial score (nSPS) is 25.5. The molecule has 0 aromatic heterocycles. The quantitative estimate of drug-likeness (QED) is 0.867. The number of rotatable bonds is 5. The van der Waals surface area contributed by atoms with Gasteiger partial charge in [-0.3, -0.25) is 4.79 Å². The summed E-state index contributed by atoms with van der Waals surface area (Å²) in [5.41, 5.74) is -1.32. The molecule has 1 heterocycles. The fourth-order valence-corrected chi connectivity index (χ4v) is 3.70. The van der Waals surface area contributed by atoms with Gasteiger partial charge in [0.15, 0.2) is 17.2 Å². The Bertz CT molecular complexity index is 605. The van der Waals surface area contributed by atoms with Crippen LogP contribution in [0, 0.1) is 11.6 Å². The van der Waals surface area contributed by atoms with E-state index in [0.717, 1.165) is 18.9 Å². The molecule has 4 nitrogen and oxygen atoms in total. The average Bonchev–Trinajstić information content (AvgIpc) is 3.08. The fraction of sp³-hybridized carbons (Fsp3) is 0.611. The van der Waals surface area contributed by atoms with Crippen molar-refractivity contribution in [1.82, 2.24) is 10.2 Å². The lowest BCUT2D eigenvalue weighted by molar-refractivity contribution is -0.157. The summed E-state index contributed by atoms with van der Waals surface area (Å²) >= 11 is 0. The summed E-state index contributed by atoms with van der Waals surface area (Å²) in [6, 6.07) is 4.31. The minimum atomic E-state index is -1.45. The zero-order chi connectivity index (χ0) is 17.2. The van der Waals surface area contributed by atoms with Crippen LogP contribution in [0.5, 0.6) is 0 Å². The first-order valence-electron chi connectivity index (χ1n) is 8.68. The number of benzene rings is 1. The number of piperidine rings is 1. The number of carbonyl (C=O) groups is 1. The molecule has 24 heavy (non-hydrogen) atoms. The Labute approximate surface area is 140 Å². The lowest BCUT2D eigenvalue weighted by Crippen LogP contribution is -2.58. The largest absolute Gasteiger partial charge is 0.379 e. The second-order valence-electron chi connectivity index (χ2n) is 6.94. The highest BCUT2D eigenvalue weighted by atomic mass is 19.2. The fourth-order valence-electron chi connectivity index (χ4n) is 3.70. The van der Waals surface area contributed by atoms with Crippen LogP contribution in [0.1, 0.15) is 44.1 Å². The second-order valence-corrected chi connectivity index (χ2v) is 6.94. The number of hydrogen-bond donors (Lipinski definition) is 2. The van der Waals surface area contributed by atoms with Crippen molar-refractivity contribution in [3.8, 4) is 0 Å². The van der Waals surface area contributed by atoms with Crippen LogP contribution in [0.3, 0.4) is 0 Å². The van der Waals surface area contributed by atoms with Crippen molar-refractivity contribution in [2.75, 3.05) is 13.1 Å². The van der Waals surface area contributed by atoms with Crippen molar-refractivity contribution in [2.24, 2.45) is 0 Å². The summed E-state index contributed by atoms with van der Waals surface area (Å²) in [5.74, 6) is -2.25. The Hall–Kier alpha value is -1.53. The first kappa shape index (κ1) is 17.3. The van der Waals surface area contributed by atoms with Crippen LogP contribution in [0.4, 0.5) is 8.78 Å². The van der Waals surface area contributed by atoms with Gasteiger partial charge in [0.25, 0.3) is 5.91 Å². The number of hydrogen-bond acceptors (Lipinski definition) is 3. The topological polar surface area (TPSA) is 52.6 Å². The van der Waals surface area contributed by atoms with Gasteiger partial charge in [0.2, 0.25) is 0 Å². The number of aliphatic hydroxyl groups is 1. The van der Waals surface area contributed by atoms with E-state index in [9.17, 15) is 18.7 Å². The summed E-state index contributed by atoms with van der Waals surface area (Å²) in [7, 11) is 0. The van der Waals surface area contributed by atoms with Crippen LogP contribution in [0.2, 0.25) is 0 Å². The van der Waals surface area contributed by atoms with Gasteiger partial charge in [-0.2, -0.15) is 0 Å². The van der Waals surface area contributed by atoms with E-state index in [2.05, 4.69) is 5.32 Å². The molecule has 1 atom stereocenters. The van der Waals surface area contributed by atoms with Crippen LogP contribution in [-0.2, 0) is 11.3 Å². The Morgan fingerprint density at radius 3 is 2.75 bits per heavy atom. The predicted molar refractivity (Wildman–Crippen MR) is 86.2 cm³/mol. The zero-order valence-electron chi connectivity index (χ0n) is 13.7. The molecular weight excluding hydrogens is 314 g/mol. The van der Waals surface area contributed by atoms with Crippen LogP contribution < -0.4 is 5.32 Å². The SMILES string of the molecule is O=C1N(Cc2cccc(F)c2F)CCC[C@]1(O)CNC1CCCC1. The van der Waals surface area contributed by atoms with Crippen LogP contribution in [-0.4, -0.2) is 40.6 Å². The molecule has 2 N–H and O–H groups in total. The second kappa shape index (κ2) is 7.15. The lowest BCUT2D eigenvalue weighted by Gasteiger charge is -2.39. The molecule has 1 saturated carbocycles. The zero-order valence-corrected chi connectivity index (χ0v) is 13.7. The van der Waals surface area contributed by atoms with E-state index in [-0.39, 0.29) is 18.7 Å². The molecule has 1 saturated heterocycles. The van der Waals surface area contributed by atoms with Crippen molar-refractivity contribution in [2.45, 2.75) is 56.7 Å². The Morgan fingerprint density at radius 1 is 1.25 bits per heavy atom. The maximum atomic E-state index is 13.8. The van der Waals surface area contributed by atoms with Gasteiger partial charge in [-0.1, -0.05) is 25.0 Å². The van der Waals surface area contributed by atoms with Crippen LogP contribution in [0.25, 0.3) is 0 Å². The average molecular weight is 338 g/mol. The molecular formula is C18H24F2N2O2. The minimum Gasteiger partial charge on any atom is -0.379 e. The van der Waals surface area contributed by atoms with Gasteiger partial charge in [-0.05, 0) is 31.7 Å². The highest BCUT2D eigenvalue weighted by molar-refractivity contribution is 5.86. The Kier molecular flexibility index (Phi) is 5.15. The number of carbonyl (C=O) groups excluding carboxylic acids is 1. The summed E-state index contributed by atoms with van der Waals surface area (Å²) in [5, 5.41) is 14.0. The number of likely N-dealkylation sites (tertiary alicyclic amines) is 1. The smallest absolute Gasteiger partial charge is 0.256 e.